The van der Waals surface area contributed by atoms with Crippen molar-refractivity contribution in [3.05, 3.63) is 53.1 Å². The Morgan fingerprint density at radius 1 is 1.26 bits per heavy atom. The molecular formula is C37H53N3O5S. The van der Waals surface area contributed by atoms with Gasteiger partial charge in [0.25, 0.3) is 5.56 Å². The number of aliphatic hydroxyl groups is 1. The van der Waals surface area contributed by atoms with E-state index in [2.05, 4.69) is 51.5 Å². The van der Waals surface area contributed by atoms with E-state index < -0.39 is 23.0 Å². The molecule has 46 heavy (non-hydrogen) atoms. The molecule has 9 heteroatoms. The molecule has 0 aliphatic heterocycles. The monoisotopic (exact) mass is 651 g/mol. The van der Waals surface area contributed by atoms with E-state index in [-0.39, 0.29) is 51.0 Å². The molecule has 1 aromatic carbocycles. The van der Waals surface area contributed by atoms with Gasteiger partial charge >= 0.3 is 5.97 Å². The summed E-state index contributed by atoms with van der Waals surface area (Å²) in [5, 5.41) is 15.8. The number of rotatable bonds is 10. The number of thioether (sulfide) groups is 1. The highest BCUT2D eigenvalue weighted by Gasteiger charge is 2.68. The van der Waals surface area contributed by atoms with Crippen LogP contribution in [-0.2, 0) is 20.9 Å². The van der Waals surface area contributed by atoms with Crippen molar-refractivity contribution in [1.29, 1.82) is 0 Å². The number of para-hydroxylation sites is 1. The molecule has 0 radical (unpaired) electrons. The number of esters is 1. The Morgan fingerprint density at radius 3 is 2.72 bits per heavy atom. The Bertz CT molecular complexity index is 1560. The van der Waals surface area contributed by atoms with Crippen molar-refractivity contribution in [3.63, 3.8) is 0 Å². The number of carbonyl (C=O) groups excluding carboxylic acids is 2. The second-order valence-corrected chi connectivity index (χ2v) is 17.2. The lowest BCUT2D eigenvalue weighted by atomic mass is 9.44. The maximum absolute atomic E-state index is 13.6. The average Bonchev–Trinajstić information content (AvgIpc) is 3.38. The zero-order valence-electron chi connectivity index (χ0n) is 28.7. The van der Waals surface area contributed by atoms with Crippen molar-refractivity contribution in [1.82, 2.24) is 14.9 Å². The van der Waals surface area contributed by atoms with Gasteiger partial charge in [-0.2, -0.15) is 0 Å². The summed E-state index contributed by atoms with van der Waals surface area (Å²) in [6, 6.07) is 5.65. The van der Waals surface area contributed by atoms with Gasteiger partial charge in [-0.05, 0) is 75.3 Å². The van der Waals surface area contributed by atoms with Gasteiger partial charge in [-0.3, -0.25) is 19.0 Å². The number of carbonyl (C=O) groups is 2. The molecule has 2 bridgehead atoms. The van der Waals surface area contributed by atoms with Crippen molar-refractivity contribution in [3.8, 4) is 0 Å². The average molecular weight is 652 g/mol. The van der Waals surface area contributed by atoms with Crippen LogP contribution in [0.2, 0.25) is 0 Å². The summed E-state index contributed by atoms with van der Waals surface area (Å²) in [5.74, 6) is 0.0511. The van der Waals surface area contributed by atoms with Gasteiger partial charge in [-0.15, -0.1) is 18.3 Å². The quantitative estimate of drug-likeness (QED) is 0.191. The van der Waals surface area contributed by atoms with Crippen molar-refractivity contribution >= 4 is 34.4 Å². The number of nitrogens with one attached hydrogen (secondary N) is 1. The first-order chi connectivity index (χ1) is 21.6. The van der Waals surface area contributed by atoms with E-state index in [1.165, 1.54) is 11.8 Å². The van der Waals surface area contributed by atoms with E-state index in [9.17, 15) is 19.5 Å². The standard InChI is InChI=1S/C37H53N3O5S/c1-9-35(7)19-28(36(8)24(3)13-15-37(25(4)32(35)43)16-14-27(41)31(36)37)45-29(42)20-46-34(5,6)21-38-17-18-40-22-39-30-23(2)11-10-12-26(30)33(40)44/h9-12,22,24-25,28,31-32,38,43H,1,13-21H2,2-8H3/t24-,25+,28-,31+,32+,35-,36+,37+/m1/s1. The maximum atomic E-state index is 13.6. The Labute approximate surface area is 278 Å². The normalized spacial score (nSPS) is 34.5. The lowest BCUT2D eigenvalue weighted by Crippen LogP contribution is -2.63. The molecule has 252 valence electrons. The number of aryl methyl sites for hydroxylation is 1. The number of aromatic nitrogens is 2. The van der Waals surface area contributed by atoms with Crippen LogP contribution in [0.1, 0.15) is 79.2 Å². The molecule has 8 nitrogen and oxygen atoms in total. The van der Waals surface area contributed by atoms with Crippen LogP contribution in [-0.4, -0.2) is 62.2 Å². The zero-order chi connectivity index (χ0) is 33.7. The van der Waals surface area contributed by atoms with Gasteiger partial charge in [0.1, 0.15) is 11.9 Å². The molecular weight excluding hydrogens is 598 g/mol. The summed E-state index contributed by atoms with van der Waals surface area (Å²) in [7, 11) is 0. The van der Waals surface area contributed by atoms with Gasteiger partial charge < -0.3 is 15.2 Å². The van der Waals surface area contributed by atoms with Gasteiger partial charge in [0.05, 0.1) is 29.1 Å². The molecule has 1 aromatic heterocycles. The number of aliphatic hydroxyl groups excluding tert-OH is 1. The van der Waals surface area contributed by atoms with Crippen LogP contribution in [0.3, 0.4) is 0 Å². The fourth-order valence-corrected chi connectivity index (χ4v) is 9.87. The number of hydrogen-bond acceptors (Lipinski definition) is 8. The van der Waals surface area contributed by atoms with Crippen LogP contribution in [0.5, 0.6) is 0 Å². The molecule has 2 N–H and O–H groups in total. The highest BCUT2D eigenvalue weighted by molar-refractivity contribution is 8.01. The Hall–Kier alpha value is -2.49. The van der Waals surface area contributed by atoms with Crippen molar-refractivity contribution in [2.75, 3.05) is 18.8 Å². The van der Waals surface area contributed by atoms with Crippen LogP contribution in [0.4, 0.5) is 0 Å². The van der Waals surface area contributed by atoms with Gasteiger partial charge in [0.2, 0.25) is 0 Å². The maximum Gasteiger partial charge on any atom is 0.316 e. The molecule has 3 saturated carbocycles. The third-order valence-corrected chi connectivity index (χ3v) is 13.6. The molecule has 0 unspecified atom stereocenters. The van der Waals surface area contributed by atoms with Gasteiger partial charge in [-0.1, -0.05) is 45.9 Å². The molecule has 1 heterocycles. The highest BCUT2D eigenvalue weighted by atomic mass is 32.2. The van der Waals surface area contributed by atoms with Crippen LogP contribution >= 0.6 is 11.8 Å². The van der Waals surface area contributed by atoms with Crippen molar-refractivity contribution in [2.24, 2.45) is 34.0 Å². The molecule has 0 amide bonds. The SMILES string of the molecule is C=C[C@]1(C)C[C@@H](OC(=O)CSC(C)(C)CNCCn2cnc3c(C)cccc3c2=O)[C@]2(C)[C@H](C)CC[C@]3(CCC(=O)[C@H]32)[C@@H](C)[C@@H]1O. The van der Waals surface area contributed by atoms with E-state index >= 15 is 0 Å². The minimum atomic E-state index is -0.678. The molecule has 0 saturated heterocycles. The van der Waals surface area contributed by atoms with Gasteiger partial charge in [0, 0.05) is 47.6 Å². The minimum Gasteiger partial charge on any atom is -0.461 e. The number of Topliss-reactive ketones (excluding diaryl/α,β-unsaturated/α-hetero) is 1. The fourth-order valence-electron chi connectivity index (χ4n) is 9.09. The zero-order valence-corrected chi connectivity index (χ0v) is 29.5. The third kappa shape index (κ3) is 6.00. The summed E-state index contributed by atoms with van der Waals surface area (Å²) in [4.78, 5) is 44.6. The Balaban J connectivity index is 1.23. The largest absolute Gasteiger partial charge is 0.461 e. The highest BCUT2D eigenvalue weighted by Crippen LogP contribution is 2.68. The Kier molecular flexibility index (Phi) is 9.73. The topological polar surface area (TPSA) is 111 Å². The molecule has 8 atom stereocenters. The number of ether oxygens (including phenoxy) is 1. The number of hydrogen-bond donors (Lipinski definition) is 2. The van der Waals surface area contributed by atoms with Crippen molar-refractivity contribution in [2.45, 2.75) is 104 Å². The number of fused-ring (bicyclic) bond motifs is 1. The summed E-state index contributed by atoms with van der Waals surface area (Å²) in [5.41, 5.74) is 0.216. The van der Waals surface area contributed by atoms with E-state index in [4.69, 9.17) is 4.74 Å². The smallest absolute Gasteiger partial charge is 0.316 e. The molecule has 0 spiro atoms. The predicted octanol–water partition coefficient (Wildman–Crippen LogP) is 5.71. The van der Waals surface area contributed by atoms with Crippen LogP contribution < -0.4 is 10.9 Å². The van der Waals surface area contributed by atoms with E-state index in [1.54, 1.807) is 10.9 Å². The molecule has 2 aromatic rings. The summed E-state index contributed by atoms with van der Waals surface area (Å²) in [6.07, 6.45) is 5.87. The number of benzene rings is 1. The van der Waals surface area contributed by atoms with E-state index in [0.29, 0.717) is 37.9 Å². The Morgan fingerprint density at radius 2 is 2.00 bits per heavy atom. The number of nitrogens with zero attached hydrogens (tertiary/aromatic N) is 2. The first-order valence-electron chi connectivity index (χ1n) is 16.9. The first kappa shape index (κ1) is 34.8. The molecule has 3 aliphatic rings. The predicted molar refractivity (Wildman–Crippen MR) is 185 cm³/mol. The van der Waals surface area contributed by atoms with Gasteiger partial charge in [-0.25, -0.2) is 4.98 Å². The van der Waals surface area contributed by atoms with Crippen LogP contribution in [0.25, 0.3) is 10.9 Å². The summed E-state index contributed by atoms with van der Waals surface area (Å²) in [6.45, 7) is 20.5. The fraction of sp³-hybridized carbons (Fsp3) is 0.676. The minimum absolute atomic E-state index is 0.0480. The van der Waals surface area contributed by atoms with Crippen molar-refractivity contribution < 1.29 is 19.4 Å². The first-order valence-corrected chi connectivity index (χ1v) is 17.9. The lowest BCUT2D eigenvalue weighted by molar-refractivity contribution is -0.205. The van der Waals surface area contributed by atoms with E-state index in [0.717, 1.165) is 30.3 Å². The second kappa shape index (κ2) is 12.8. The summed E-state index contributed by atoms with van der Waals surface area (Å²) >= 11 is 1.53. The number of ketones is 1. The van der Waals surface area contributed by atoms with Crippen LogP contribution in [0, 0.1) is 40.9 Å². The summed E-state index contributed by atoms with van der Waals surface area (Å²) < 4.78 is 7.78. The molecule has 3 fully saturated rings. The third-order valence-electron chi connectivity index (χ3n) is 12.3. The molecule has 3 aliphatic carbocycles. The molecule has 5 rings (SSSR count). The lowest BCUT2D eigenvalue weighted by Gasteiger charge is -2.61. The second-order valence-electron chi connectivity index (χ2n) is 15.5. The van der Waals surface area contributed by atoms with Crippen LogP contribution in [0.15, 0.2) is 42.0 Å². The van der Waals surface area contributed by atoms with E-state index in [1.807, 2.05) is 38.1 Å². The van der Waals surface area contributed by atoms with Gasteiger partial charge in [0.15, 0.2) is 0 Å².